The summed E-state index contributed by atoms with van der Waals surface area (Å²) < 4.78 is 39.5. The molecule has 11 heteroatoms. The van der Waals surface area contributed by atoms with Crippen molar-refractivity contribution in [2.75, 3.05) is 56.0 Å². The Balaban J connectivity index is 1.15. The molecule has 4 rings (SSSR count). The minimum absolute atomic E-state index is 0.0443. The largest absolute Gasteiger partial charge is 0.418 e. The van der Waals surface area contributed by atoms with Crippen LogP contribution in [0.3, 0.4) is 0 Å². The quantitative estimate of drug-likeness (QED) is 0.433. The molecule has 1 amide bonds. The van der Waals surface area contributed by atoms with E-state index in [-0.39, 0.29) is 11.9 Å². The van der Waals surface area contributed by atoms with Crippen molar-refractivity contribution in [3.8, 4) is 0 Å². The Morgan fingerprint density at radius 3 is 2.30 bits per heavy atom. The molecule has 0 saturated carbocycles. The minimum atomic E-state index is -4.65. The van der Waals surface area contributed by atoms with E-state index in [2.05, 4.69) is 20.3 Å². The summed E-state index contributed by atoms with van der Waals surface area (Å²) in [5, 5.41) is 6.32. The standard InChI is InChI=1S/C26H31ClF3N5O2/c27-19-3-6-22(7-4-19)34-16-14-33(15-17-34)11-1-2-25(36)35-12-9-20(10-13-35)31-21-5-8-24(32-37)23(18-21)26(28,29)30/h3-8,18,20,31H,1-2,9-17H2. The molecular formula is C26H31ClF3N5O2. The highest BCUT2D eigenvalue weighted by atomic mass is 35.5. The fraction of sp³-hybridized carbons (Fsp3) is 0.500. The molecule has 37 heavy (non-hydrogen) atoms. The molecule has 2 saturated heterocycles. The molecule has 0 bridgehead atoms. The molecule has 0 radical (unpaired) electrons. The summed E-state index contributed by atoms with van der Waals surface area (Å²) in [5.74, 6) is 0.124. The highest BCUT2D eigenvalue weighted by Crippen LogP contribution is 2.38. The van der Waals surface area contributed by atoms with Crippen LogP contribution in [-0.2, 0) is 11.0 Å². The Hall–Kier alpha value is -2.85. The number of halogens is 4. The molecule has 0 unspecified atom stereocenters. The van der Waals surface area contributed by atoms with E-state index in [4.69, 9.17) is 11.6 Å². The van der Waals surface area contributed by atoms with E-state index >= 15 is 0 Å². The molecule has 2 aliphatic rings. The maximum absolute atomic E-state index is 13.2. The van der Waals surface area contributed by atoms with Gasteiger partial charge in [-0.2, -0.15) is 13.2 Å². The van der Waals surface area contributed by atoms with Crippen LogP contribution in [0.2, 0.25) is 5.02 Å². The molecule has 0 aliphatic carbocycles. The third-order valence-corrected chi connectivity index (χ3v) is 7.30. The van der Waals surface area contributed by atoms with Crippen LogP contribution in [0, 0.1) is 4.91 Å². The van der Waals surface area contributed by atoms with E-state index in [0.717, 1.165) is 56.3 Å². The number of alkyl halides is 3. The van der Waals surface area contributed by atoms with Crippen LogP contribution >= 0.6 is 11.6 Å². The van der Waals surface area contributed by atoms with Gasteiger partial charge in [-0.15, -0.1) is 4.91 Å². The molecule has 0 aromatic heterocycles. The number of hydrogen-bond donors (Lipinski definition) is 1. The van der Waals surface area contributed by atoms with Crippen LogP contribution in [-0.4, -0.2) is 67.6 Å². The first-order chi connectivity index (χ1) is 17.7. The Morgan fingerprint density at radius 2 is 1.68 bits per heavy atom. The molecule has 7 nitrogen and oxygen atoms in total. The number of piperazine rings is 1. The molecule has 2 aromatic carbocycles. The molecular weight excluding hydrogens is 507 g/mol. The third kappa shape index (κ3) is 7.35. The first kappa shape index (κ1) is 27.2. The molecule has 2 heterocycles. The van der Waals surface area contributed by atoms with Crippen LogP contribution < -0.4 is 10.2 Å². The number of hydrogen-bond acceptors (Lipinski definition) is 6. The van der Waals surface area contributed by atoms with Gasteiger partial charge in [-0.3, -0.25) is 9.69 Å². The van der Waals surface area contributed by atoms with Gasteiger partial charge >= 0.3 is 6.18 Å². The molecule has 2 fully saturated rings. The van der Waals surface area contributed by atoms with E-state index in [1.165, 1.54) is 11.8 Å². The predicted molar refractivity (Wildman–Crippen MR) is 139 cm³/mol. The van der Waals surface area contributed by atoms with Gasteiger partial charge in [0.1, 0.15) is 5.69 Å². The van der Waals surface area contributed by atoms with Gasteiger partial charge in [-0.25, -0.2) is 0 Å². The zero-order chi connectivity index (χ0) is 26.4. The topological polar surface area (TPSA) is 68.2 Å². The monoisotopic (exact) mass is 537 g/mol. The first-order valence-electron chi connectivity index (χ1n) is 12.5. The average Bonchev–Trinajstić information content (AvgIpc) is 2.89. The van der Waals surface area contributed by atoms with Crippen molar-refractivity contribution in [2.45, 2.75) is 37.9 Å². The highest BCUT2D eigenvalue weighted by molar-refractivity contribution is 6.30. The fourth-order valence-electron chi connectivity index (χ4n) is 4.93. The maximum atomic E-state index is 13.2. The second kappa shape index (κ2) is 12.1. The normalized spacial score (nSPS) is 17.6. The van der Waals surface area contributed by atoms with E-state index in [0.29, 0.717) is 38.0 Å². The summed E-state index contributed by atoms with van der Waals surface area (Å²) in [6, 6.07) is 11.3. The van der Waals surface area contributed by atoms with Crippen molar-refractivity contribution in [2.24, 2.45) is 5.18 Å². The number of nitrogens with zero attached hydrogens (tertiary/aromatic N) is 4. The lowest BCUT2D eigenvalue weighted by atomic mass is 10.0. The fourth-order valence-corrected chi connectivity index (χ4v) is 5.06. The average molecular weight is 538 g/mol. The SMILES string of the molecule is O=Nc1ccc(NC2CCN(C(=O)CCCN3CCN(c4ccc(Cl)cc4)CC3)CC2)cc1C(F)(F)F. The highest BCUT2D eigenvalue weighted by Gasteiger charge is 2.34. The van der Waals surface area contributed by atoms with E-state index in [1.807, 2.05) is 29.2 Å². The van der Waals surface area contributed by atoms with Crippen molar-refractivity contribution in [1.29, 1.82) is 0 Å². The van der Waals surface area contributed by atoms with Crippen molar-refractivity contribution >= 4 is 34.6 Å². The Kier molecular flexibility index (Phi) is 8.91. The van der Waals surface area contributed by atoms with Gasteiger partial charge in [0.25, 0.3) is 0 Å². The lowest BCUT2D eigenvalue weighted by molar-refractivity contribution is -0.137. The number of anilines is 2. The summed E-state index contributed by atoms with van der Waals surface area (Å²) in [5.41, 5.74) is -0.207. The Labute approximate surface area is 219 Å². The van der Waals surface area contributed by atoms with Crippen molar-refractivity contribution in [1.82, 2.24) is 9.80 Å². The minimum Gasteiger partial charge on any atom is -0.382 e. The number of carbonyl (C=O) groups excluding carboxylic acids is 1. The Bertz CT molecular complexity index is 1070. The van der Waals surface area contributed by atoms with Gasteiger partial charge in [0.15, 0.2) is 0 Å². The number of piperidine rings is 1. The summed E-state index contributed by atoms with van der Waals surface area (Å²) in [4.78, 5) is 30.0. The van der Waals surface area contributed by atoms with Crippen molar-refractivity contribution in [3.63, 3.8) is 0 Å². The maximum Gasteiger partial charge on any atom is 0.418 e. The molecule has 2 aliphatic heterocycles. The molecule has 200 valence electrons. The van der Waals surface area contributed by atoms with Crippen LogP contribution in [0.25, 0.3) is 0 Å². The predicted octanol–water partition coefficient (Wildman–Crippen LogP) is 5.76. The van der Waals surface area contributed by atoms with Gasteiger partial charge in [0, 0.05) is 68.1 Å². The van der Waals surface area contributed by atoms with Crippen molar-refractivity contribution in [3.05, 3.63) is 58.0 Å². The second-order valence-corrected chi connectivity index (χ2v) is 9.97. The summed E-state index contributed by atoms with van der Waals surface area (Å²) in [6.45, 7) is 5.80. The summed E-state index contributed by atoms with van der Waals surface area (Å²) in [7, 11) is 0. The van der Waals surface area contributed by atoms with Gasteiger partial charge < -0.3 is 15.1 Å². The van der Waals surface area contributed by atoms with E-state index < -0.39 is 17.4 Å². The lowest BCUT2D eigenvalue weighted by Gasteiger charge is -2.36. The smallest absolute Gasteiger partial charge is 0.382 e. The zero-order valence-corrected chi connectivity index (χ0v) is 21.3. The molecule has 2 aromatic rings. The summed E-state index contributed by atoms with van der Waals surface area (Å²) in [6.07, 6.45) is -2.07. The molecule has 0 atom stereocenters. The van der Waals surface area contributed by atoms with Gasteiger partial charge in [0.05, 0.1) is 5.56 Å². The number of carbonyl (C=O) groups is 1. The van der Waals surface area contributed by atoms with Crippen molar-refractivity contribution < 1.29 is 18.0 Å². The van der Waals surface area contributed by atoms with Crippen LogP contribution in [0.4, 0.5) is 30.2 Å². The first-order valence-corrected chi connectivity index (χ1v) is 12.9. The van der Waals surface area contributed by atoms with Crippen LogP contribution in [0.1, 0.15) is 31.2 Å². The van der Waals surface area contributed by atoms with Gasteiger partial charge in [-0.05, 0) is 73.4 Å². The van der Waals surface area contributed by atoms with Crippen LogP contribution in [0.15, 0.2) is 47.6 Å². The number of likely N-dealkylation sites (tertiary alicyclic amines) is 1. The number of amides is 1. The molecule has 1 N–H and O–H groups in total. The second-order valence-electron chi connectivity index (χ2n) is 9.53. The number of benzene rings is 2. The Morgan fingerprint density at radius 1 is 1.00 bits per heavy atom. The number of nitrogens with one attached hydrogen (secondary N) is 1. The van der Waals surface area contributed by atoms with Gasteiger partial charge in [0.2, 0.25) is 5.91 Å². The van der Waals surface area contributed by atoms with Gasteiger partial charge in [-0.1, -0.05) is 11.6 Å². The lowest BCUT2D eigenvalue weighted by Crippen LogP contribution is -2.47. The van der Waals surface area contributed by atoms with E-state index in [9.17, 15) is 22.9 Å². The number of nitroso groups, excluding NO2 is 1. The third-order valence-electron chi connectivity index (χ3n) is 7.05. The van der Waals surface area contributed by atoms with Crippen LogP contribution in [0.5, 0.6) is 0 Å². The zero-order valence-electron chi connectivity index (χ0n) is 20.5. The van der Waals surface area contributed by atoms with E-state index in [1.54, 1.807) is 0 Å². The molecule has 0 spiro atoms. The summed E-state index contributed by atoms with van der Waals surface area (Å²) >= 11 is 5.97. The number of rotatable bonds is 8.